The highest BCUT2D eigenvalue weighted by Crippen LogP contribution is 2.28. The zero-order chi connectivity index (χ0) is 10.7. The van der Waals surface area contributed by atoms with Gasteiger partial charge in [-0.25, -0.2) is 4.98 Å². The Hall–Kier alpha value is -0.900. The summed E-state index contributed by atoms with van der Waals surface area (Å²) in [4.78, 5) is 18.6. The third-order valence-corrected chi connectivity index (χ3v) is 3.77. The highest BCUT2D eigenvalue weighted by molar-refractivity contribution is 7.17. The average molecular weight is 224 g/mol. The number of carbonyl (C=O) groups is 1. The fourth-order valence-corrected chi connectivity index (χ4v) is 2.88. The van der Waals surface area contributed by atoms with Gasteiger partial charge in [-0.1, -0.05) is 24.7 Å². The van der Waals surface area contributed by atoms with Crippen LogP contribution in [-0.4, -0.2) is 24.4 Å². The molecule has 2 heterocycles. The van der Waals surface area contributed by atoms with Gasteiger partial charge in [0.1, 0.15) is 0 Å². The van der Waals surface area contributed by atoms with Crippen LogP contribution in [0.2, 0.25) is 0 Å². The van der Waals surface area contributed by atoms with Crippen molar-refractivity contribution < 1.29 is 4.79 Å². The van der Waals surface area contributed by atoms with Gasteiger partial charge in [-0.2, -0.15) is 0 Å². The maximum atomic E-state index is 10.9. The van der Waals surface area contributed by atoms with Gasteiger partial charge in [0.15, 0.2) is 11.4 Å². The molecule has 0 radical (unpaired) electrons. The number of aromatic nitrogens is 1. The Bertz CT molecular complexity index is 342. The van der Waals surface area contributed by atoms with E-state index in [0.29, 0.717) is 0 Å². The van der Waals surface area contributed by atoms with E-state index in [-0.39, 0.29) is 0 Å². The summed E-state index contributed by atoms with van der Waals surface area (Å²) in [5.74, 6) is 0. The molecule has 1 saturated heterocycles. The Morgan fingerprint density at radius 2 is 2.20 bits per heavy atom. The predicted molar refractivity (Wildman–Crippen MR) is 62.9 cm³/mol. The molecule has 2 rings (SSSR count). The second-order valence-electron chi connectivity index (χ2n) is 3.87. The van der Waals surface area contributed by atoms with Crippen LogP contribution < -0.4 is 4.90 Å². The molecule has 0 saturated carbocycles. The topological polar surface area (TPSA) is 33.2 Å². The van der Waals surface area contributed by atoms with E-state index >= 15 is 0 Å². The van der Waals surface area contributed by atoms with Crippen LogP contribution in [0.1, 0.15) is 41.6 Å². The minimum absolute atomic E-state index is 0.818. The second-order valence-corrected chi connectivity index (χ2v) is 4.88. The molecule has 0 spiro atoms. The Morgan fingerprint density at radius 3 is 2.80 bits per heavy atom. The fraction of sp³-hybridized carbons (Fsp3) is 0.636. The molecule has 0 aromatic carbocycles. The highest BCUT2D eigenvalue weighted by Gasteiger charge is 2.18. The van der Waals surface area contributed by atoms with E-state index in [1.807, 2.05) is 0 Å². The standard InChI is InChI=1S/C11H16N2OS/c1-2-5-9-10(8-14)15-11(12-9)13-6-3-4-7-13/h8H,2-7H2,1H3. The van der Waals surface area contributed by atoms with Gasteiger partial charge in [-0.05, 0) is 19.3 Å². The van der Waals surface area contributed by atoms with Crippen molar-refractivity contribution in [1.29, 1.82) is 0 Å². The molecule has 1 aromatic heterocycles. The molecule has 0 aliphatic carbocycles. The number of nitrogens with zero attached hydrogens (tertiary/aromatic N) is 2. The van der Waals surface area contributed by atoms with Crippen molar-refractivity contribution in [2.75, 3.05) is 18.0 Å². The molecule has 15 heavy (non-hydrogen) atoms. The van der Waals surface area contributed by atoms with Crippen LogP contribution in [0, 0.1) is 0 Å². The Kier molecular flexibility index (Phi) is 3.36. The van der Waals surface area contributed by atoms with Gasteiger partial charge in [0.2, 0.25) is 0 Å². The highest BCUT2D eigenvalue weighted by atomic mass is 32.1. The van der Waals surface area contributed by atoms with Crippen LogP contribution >= 0.6 is 11.3 Å². The molecule has 3 nitrogen and oxygen atoms in total. The third kappa shape index (κ3) is 2.20. The Balaban J connectivity index is 2.21. The largest absolute Gasteiger partial charge is 0.348 e. The summed E-state index contributed by atoms with van der Waals surface area (Å²) >= 11 is 1.54. The number of anilines is 1. The van der Waals surface area contributed by atoms with Crippen LogP contribution in [0.4, 0.5) is 5.13 Å². The lowest BCUT2D eigenvalue weighted by atomic mass is 10.2. The van der Waals surface area contributed by atoms with Crippen LogP contribution in [0.5, 0.6) is 0 Å². The van der Waals surface area contributed by atoms with Gasteiger partial charge in [0.05, 0.1) is 10.6 Å². The number of rotatable bonds is 4. The number of hydrogen-bond donors (Lipinski definition) is 0. The molecule has 1 aromatic rings. The molecule has 0 amide bonds. The van der Waals surface area contributed by atoms with Crippen LogP contribution in [0.15, 0.2) is 0 Å². The lowest BCUT2D eigenvalue weighted by molar-refractivity contribution is 0.112. The summed E-state index contributed by atoms with van der Waals surface area (Å²) in [5, 5.41) is 1.04. The molecule has 0 atom stereocenters. The molecule has 82 valence electrons. The second kappa shape index (κ2) is 4.75. The van der Waals surface area contributed by atoms with Crippen molar-refractivity contribution >= 4 is 22.8 Å². The van der Waals surface area contributed by atoms with E-state index in [0.717, 1.165) is 47.9 Å². The van der Waals surface area contributed by atoms with Crippen molar-refractivity contribution in [2.45, 2.75) is 32.6 Å². The monoisotopic (exact) mass is 224 g/mol. The molecular weight excluding hydrogens is 208 g/mol. The summed E-state index contributed by atoms with van der Waals surface area (Å²) in [6, 6.07) is 0. The first-order valence-electron chi connectivity index (χ1n) is 5.55. The third-order valence-electron chi connectivity index (χ3n) is 2.69. The van der Waals surface area contributed by atoms with Gasteiger partial charge in [0, 0.05) is 13.1 Å². The Labute approximate surface area is 94.1 Å². The summed E-state index contributed by atoms with van der Waals surface area (Å²) in [7, 11) is 0. The number of aryl methyl sites for hydroxylation is 1. The van der Waals surface area contributed by atoms with Crippen LogP contribution in [0.25, 0.3) is 0 Å². The van der Waals surface area contributed by atoms with Crippen LogP contribution in [0.3, 0.4) is 0 Å². The quantitative estimate of drug-likeness (QED) is 0.737. The number of carbonyl (C=O) groups excluding carboxylic acids is 1. The van der Waals surface area contributed by atoms with Crippen molar-refractivity contribution in [3.63, 3.8) is 0 Å². The molecule has 4 heteroatoms. The molecule has 1 aliphatic heterocycles. The van der Waals surface area contributed by atoms with Gasteiger partial charge in [-0.15, -0.1) is 0 Å². The first kappa shape index (κ1) is 10.6. The lowest BCUT2D eigenvalue weighted by Gasteiger charge is -2.12. The summed E-state index contributed by atoms with van der Waals surface area (Å²) in [6.07, 6.45) is 5.41. The summed E-state index contributed by atoms with van der Waals surface area (Å²) < 4.78 is 0. The maximum absolute atomic E-state index is 10.9. The first-order valence-corrected chi connectivity index (χ1v) is 6.36. The van der Waals surface area contributed by atoms with Gasteiger partial charge < -0.3 is 4.90 Å². The van der Waals surface area contributed by atoms with Crippen molar-refractivity contribution in [1.82, 2.24) is 4.98 Å². The molecule has 0 unspecified atom stereocenters. The number of thiazole rings is 1. The van der Waals surface area contributed by atoms with Crippen molar-refractivity contribution in [2.24, 2.45) is 0 Å². The van der Waals surface area contributed by atoms with E-state index in [9.17, 15) is 4.79 Å². The van der Waals surface area contributed by atoms with Crippen LogP contribution in [-0.2, 0) is 6.42 Å². The normalized spacial score (nSPS) is 15.9. The van der Waals surface area contributed by atoms with E-state index in [4.69, 9.17) is 0 Å². The molecule has 1 fully saturated rings. The SMILES string of the molecule is CCCc1nc(N2CCCC2)sc1C=O. The van der Waals surface area contributed by atoms with Gasteiger partial charge >= 0.3 is 0 Å². The zero-order valence-electron chi connectivity index (χ0n) is 9.03. The zero-order valence-corrected chi connectivity index (χ0v) is 9.85. The number of hydrogen-bond acceptors (Lipinski definition) is 4. The molecular formula is C11H16N2OS. The fourth-order valence-electron chi connectivity index (χ4n) is 1.90. The molecule has 1 aliphatic rings. The van der Waals surface area contributed by atoms with Gasteiger partial charge in [0.25, 0.3) is 0 Å². The van der Waals surface area contributed by atoms with E-state index in [1.165, 1.54) is 12.8 Å². The summed E-state index contributed by atoms with van der Waals surface area (Å²) in [5.41, 5.74) is 0.986. The average Bonchev–Trinajstić information content (AvgIpc) is 2.84. The van der Waals surface area contributed by atoms with E-state index in [2.05, 4.69) is 16.8 Å². The van der Waals surface area contributed by atoms with E-state index in [1.54, 1.807) is 11.3 Å². The first-order chi connectivity index (χ1) is 7.35. The minimum atomic E-state index is 0.818. The Morgan fingerprint density at radius 1 is 1.47 bits per heavy atom. The smallest absolute Gasteiger partial charge is 0.186 e. The summed E-state index contributed by atoms with van der Waals surface area (Å²) in [6.45, 7) is 4.30. The molecule has 0 N–H and O–H groups in total. The predicted octanol–water partition coefficient (Wildman–Crippen LogP) is 2.51. The molecule has 0 bridgehead atoms. The van der Waals surface area contributed by atoms with Crippen molar-refractivity contribution in [3.05, 3.63) is 10.6 Å². The lowest BCUT2D eigenvalue weighted by Crippen LogP contribution is -2.17. The van der Waals surface area contributed by atoms with E-state index < -0.39 is 0 Å². The maximum Gasteiger partial charge on any atom is 0.186 e. The van der Waals surface area contributed by atoms with Crippen molar-refractivity contribution in [3.8, 4) is 0 Å². The number of aldehydes is 1. The minimum Gasteiger partial charge on any atom is -0.348 e. The van der Waals surface area contributed by atoms with Gasteiger partial charge in [-0.3, -0.25) is 4.79 Å².